The fourth-order valence-corrected chi connectivity index (χ4v) is 4.15. The molecule has 1 aromatic heterocycles. The lowest BCUT2D eigenvalue weighted by Gasteiger charge is -2.20. The van der Waals surface area contributed by atoms with Crippen LogP contribution in [0.3, 0.4) is 0 Å². The number of allylic oxidation sites excluding steroid dienone is 3. The van der Waals surface area contributed by atoms with Crippen LogP contribution in [0.4, 0.5) is 5.69 Å². The van der Waals surface area contributed by atoms with E-state index in [9.17, 15) is 9.59 Å². The molecule has 2 atom stereocenters. The Hall–Kier alpha value is -3.53. The molecular weight excluding hydrogens is 428 g/mol. The number of fused-ring (bicyclic) bond motifs is 1. The van der Waals surface area contributed by atoms with Gasteiger partial charge < -0.3 is 14.6 Å². The second-order valence-corrected chi connectivity index (χ2v) is 8.52. The summed E-state index contributed by atoms with van der Waals surface area (Å²) in [7, 11) is 3.35. The third-order valence-electron chi connectivity index (χ3n) is 5.01. The molecular formula is C22H22N6O3S. The van der Waals surface area contributed by atoms with Gasteiger partial charge in [-0.15, -0.1) is 10.2 Å². The molecule has 32 heavy (non-hydrogen) atoms. The van der Waals surface area contributed by atoms with E-state index in [0.717, 1.165) is 0 Å². The van der Waals surface area contributed by atoms with Gasteiger partial charge in [0.1, 0.15) is 23.3 Å². The van der Waals surface area contributed by atoms with Crippen molar-refractivity contribution >= 4 is 40.8 Å². The van der Waals surface area contributed by atoms with Gasteiger partial charge in [0.2, 0.25) is 5.91 Å². The second-order valence-electron chi connectivity index (χ2n) is 7.21. The van der Waals surface area contributed by atoms with Crippen molar-refractivity contribution in [3.8, 4) is 5.75 Å². The van der Waals surface area contributed by atoms with E-state index in [2.05, 4.69) is 25.5 Å². The zero-order valence-corrected chi connectivity index (χ0v) is 18.7. The molecule has 164 valence electrons. The fourth-order valence-electron chi connectivity index (χ4n) is 3.27. The lowest BCUT2D eigenvalue weighted by molar-refractivity contribution is -0.118. The molecule has 1 aliphatic heterocycles. The molecule has 0 saturated heterocycles. The smallest absolute Gasteiger partial charge is 0.260 e. The molecule has 0 bridgehead atoms. The maximum Gasteiger partial charge on any atom is 0.260 e. The van der Waals surface area contributed by atoms with Gasteiger partial charge in [-0.05, 0) is 25.1 Å². The number of methoxy groups -OCH3 is 1. The van der Waals surface area contributed by atoms with Crippen molar-refractivity contribution < 1.29 is 14.3 Å². The summed E-state index contributed by atoms with van der Waals surface area (Å²) in [5, 5.41) is 11.6. The second kappa shape index (κ2) is 9.31. The summed E-state index contributed by atoms with van der Waals surface area (Å²) in [5.74, 6) is 0.698. The predicted octanol–water partition coefficient (Wildman–Crippen LogP) is 2.61. The standard InChI is InChI=1S/C22H22N6O3S/c1-13(20-24-15-9-5-4-8-14(15)21(30)25-20)32-22-27-26-18(28(22)2)12-19(29)23-16-10-6-7-11-17(16)31-3/h4-11,13-14H,12H2,1-3H3,(H,23,29). The van der Waals surface area contributed by atoms with E-state index >= 15 is 0 Å². The number of rotatable bonds is 7. The van der Waals surface area contributed by atoms with Gasteiger partial charge in [0, 0.05) is 7.05 Å². The largest absolute Gasteiger partial charge is 0.495 e. The SMILES string of the molecule is COc1ccccc1NC(=O)Cc1nnc(SC(C)C2=NC(=O)C3C=CC=CC3=N2)n1C. The molecule has 1 N–H and O–H groups in total. The number of amidine groups is 1. The van der Waals surface area contributed by atoms with Gasteiger partial charge >= 0.3 is 0 Å². The first-order chi connectivity index (χ1) is 15.5. The summed E-state index contributed by atoms with van der Waals surface area (Å²) < 4.78 is 7.02. The van der Waals surface area contributed by atoms with Gasteiger partial charge in [-0.2, -0.15) is 4.99 Å². The Morgan fingerprint density at radius 1 is 1.25 bits per heavy atom. The first-order valence-corrected chi connectivity index (χ1v) is 10.9. The van der Waals surface area contributed by atoms with Gasteiger partial charge in [0.15, 0.2) is 5.16 Å². The number of nitrogens with one attached hydrogen (secondary N) is 1. The number of carbonyl (C=O) groups excluding carboxylic acids is 2. The molecule has 10 heteroatoms. The van der Waals surface area contributed by atoms with Crippen LogP contribution in [0.2, 0.25) is 0 Å². The van der Waals surface area contributed by atoms with Gasteiger partial charge in [-0.1, -0.05) is 42.1 Å². The van der Waals surface area contributed by atoms with Crippen LogP contribution >= 0.6 is 11.8 Å². The maximum absolute atomic E-state index is 12.5. The molecule has 0 spiro atoms. The lowest BCUT2D eigenvalue weighted by atomic mass is 9.96. The van der Waals surface area contributed by atoms with Crippen LogP contribution in [-0.2, 0) is 23.1 Å². The zero-order chi connectivity index (χ0) is 22.7. The summed E-state index contributed by atoms with van der Waals surface area (Å²) in [6, 6.07) is 7.20. The Kier molecular flexibility index (Phi) is 6.31. The zero-order valence-electron chi connectivity index (χ0n) is 17.8. The quantitative estimate of drug-likeness (QED) is 0.649. The maximum atomic E-state index is 12.5. The van der Waals surface area contributed by atoms with Crippen molar-refractivity contribution in [2.45, 2.75) is 23.8 Å². The molecule has 1 aromatic carbocycles. The number of para-hydroxylation sites is 2. The van der Waals surface area contributed by atoms with Crippen LogP contribution in [0.5, 0.6) is 5.75 Å². The summed E-state index contributed by atoms with van der Waals surface area (Å²) in [5.41, 5.74) is 1.29. The van der Waals surface area contributed by atoms with E-state index in [1.54, 1.807) is 36.9 Å². The highest BCUT2D eigenvalue weighted by molar-refractivity contribution is 8.00. The monoisotopic (exact) mass is 450 g/mol. The van der Waals surface area contributed by atoms with Crippen molar-refractivity contribution in [3.05, 3.63) is 54.4 Å². The van der Waals surface area contributed by atoms with Crippen molar-refractivity contribution in [2.75, 3.05) is 12.4 Å². The van der Waals surface area contributed by atoms with Gasteiger partial charge in [0.05, 0.1) is 30.2 Å². The minimum atomic E-state index is -0.399. The van der Waals surface area contributed by atoms with E-state index in [1.807, 2.05) is 37.3 Å². The Balaban J connectivity index is 1.42. The number of anilines is 1. The highest BCUT2D eigenvalue weighted by Gasteiger charge is 2.29. The van der Waals surface area contributed by atoms with E-state index < -0.39 is 5.92 Å². The summed E-state index contributed by atoms with van der Waals surface area (Å²) >= 11 is 1.38. The number of hydrogen-bond acceptors (Lipinski definition) is 7. The van der Waals surface area contributed by atoms with Gasteiger partial charge in [-0.3, -0.25) is 9.59 Å². The molecule has 2 heterocycles. The molecule has 1 aliphatic carbocycles. The number of aliphatic imine (C=N–C) groups is 2. The summed E-state index contributed by atoms with van der Waals surface area (Å²) in [6.07, 6.45) is 7.36. The van der Waals surface area contributed by atoms with Crippen LogP contribution in [0, 0.1) is 5.92 Å². The number of aromatic nitrogens is 3. The average Bonchev–Trinajstić information content (AvgIpc) is 3.13. The van der Waals surface area contributed by atoms with Crippen LogP contribution < -0.4 is 10.1 Å². The van der Waals surface area contributed by atoms with E-state index in [0.29, 0.717) is 34.0 Å². The van der Waals surface area contributed by atoms with Crippen molar-refractivity contribution in [3.63, 3.8) is 0 Å². The normalized spacial score (nSPS) is 18.0. The van der Waals surface area contributed by atoms with Crippen molar-refractivity contribution in [2.24, 2.45) is 23.0 Å². The average molecular weight is 451 g/mol. The highest BCUT2D eigenvalue weighted by atomic mass is 32.2. The topological polar surface area (TPSA) is 111 Å². The number of ether oxygens (including phenoxy) is 1. The molecule has 2 amide bonds. The van der Waals surface area contributed by atoms with Crippen LogP contribution in [-0.4, -0.2) is 50.5 Å². The molecule has 0 fully saturated rings. The predicted molar refractivity (Wildman–Crippen MR) is 123 cm³/mol. The van der Waals surface area contributed by atoms with E-state index in [-0.39, 0.29) is 23.5 Å². The molecule has 4 rings (SSSR count). The van der Waals surface area contributed by atoms with E-state index in [4.69, 9.17) is 4.74 Å². The highest BCUT2D eigenvalue weighted by Crippen LogP contribution is 2.27. The fraction of sp³-hybridized carbons (Fsp3) is 0.273. The van der Waals surface area contributed by atoms with Gasteiger partial charge in [0.25, 0.3) is 5.91 Å². The van der Waals surface area contributed by atoms with E-state index in [1.165, 1.54) is 11.8 Å². The van der Waals surface area contributed by atoms with Crippen LogP contribution in [0.15, 0.2) is 63.7 Å². The number of thioether (sulfide) groups is 1. The minimum absolute atomic E-state index is 0.0526. The lowest BCUT2D eigenvalue weighted by Crippen LogP contribution is -2.30. The number of amides is 2. The molecule has 2 unspecified atom stereocenters. The molecule has 9 nitrogen and oxygen atoms in total. The van der Waals surface area contributed by atoms with Crippen LogP contribution in [0.25, 0.3) is 0 Å². The Morgan fingerprint density at radius 2 is 2.06 bits per heavy atom. The van der Waals surface area contributed by atoms with Crippen molar-refractivity contribution in [1.82, 2.24) is 14.8 Å². The third-order valence-corrected chi connectivity index (χ3v) is 6.14. The molecule has 2 aromatic rings. The number of nitrogens with zero attached hydrogens (tertiary/aromatic N) is 5. The molecule has 2 aliphatic rings. The Labute approximate surface area is 189 Å². The summed E-state index contributed by atoms with van der Waals surface area (Å²) in [6.45, 7) is 1.91. The first-order valence-electron chi connectivity index (χ1n) is 10.00. The Morgan fingerprint density at radius 3 is 2.88 bits per heavy atom. The van der Waals surface area contributed by atoms with Crippen LogP contribution in [0.1, 0.15) is 12.7 Å². The Bertz CT molecular complexity index is 1180. The first kappa shape index (κ1) is 21.7. The summed E-state index contributed by atoms with van der Waals surface area (Å²) in [4.78, 5) is 33.6. The molecule has 0 radical (unpaired) electrons. The molecule has 0 saturated carbocycles. The number of carbonyl (C=O) groups is 2. The minimum Gasteiger partial charge on any atom is -0.495 e. The number of hydrogen-bond donors (Lipinski definition) is 1. The van der Waals surface area contributed by atoms with Crippen molar-refractivity contribution in [1.29, 1.82) is 0 Å². The number of benzene rings is 1. The third kappa shape index (κ3) is 4.54. The van der Waals surface area contributed by atoms with Gasteiger partial charge in [-0.25, -0.2) is 4.99 Å².